The molecule has 7 nitrogen and oxygen atoms in total. The molecule has 0 aliphatic carbocycles. The molecule has 2 N–H and O–H groups in total. The monoisotopic (exact) mass is 260 g/mol. The predicted molar refractivity (Wildman–Crippen MR) is 63.5 cm³/mol. The standard InChI is InChI=1S/C11H20N2O5/c1-2-17-5-3-12-11(16)13-4-6-18-8-9(13)7-10(14)15/h9H,2-8H2,1H3,(H,12,16)(H,14,15). The number of ether oxygens (including phenoxy) is 2. The van der Waals surface area contributed by atoms with E-state index in [-0.39, 0.29) is 19.1 Å². The van der Waals surface area contributed by atoms with Gasteiger partial charge in [0.15, 0.2) is 0 Å². The summed E-state index contributed by atoms with van der Waals surface area (Å²) in [5.74, 6) is -0.933. The van der Waals surface area contributed by atoms with Crippen molar-refractivity contribution in [1.82, 2.24) is 10.2 Å². The molecule has 0 aromatic carbocycles. The van der Waals surface area contributed by atoms with Crippen molar-refractivity contribution in [3.05, 3.63) is 0 Å². The average molecular weight is 260 g/mol. The maximum absolute atomic E-state index is 11.9. The third-order valence-electron chi connectivity index (χ3n) is 2.63. The smallest absolute Gasteiger partial charge is 0.317 e. The molecule has 0 radical (unpaired) electrons. The minimum Gasteiger partial charge on any atom is -0.481 e. The molecular formula is C11H20N2O5. The van der Waals surface area contributed by atoms with Gasteiger partial charge in [0, 0.05) is 19.7 Å². The molecule has 1 heterocycles. The summed E-state index contributed by atoms with van der Waals surface area (Å²) >= 11 is 0. The van der Waals surface area contributed by atoms with Gasteiger partial charge in [-0.15, -0.1) is 0 Å². The number of amides is 2. The van der Waals surface area contributed by atoms with Crippen LogP contribution in [-0.2, 0) is 14.3 Å². The number of hydrogen-bond acceptors (Lipinski definition) is 4. The van der Waals surface area contributed by atoms with Crippen LogP contribution >= 0.6 is 0 Å². The van der Waals surface area contributed by atoms with E-state index < -0.39 is 12.0 Å². The van der Waals surface area contributed by atoms with Gasteiger partial charge in [-0.25, -0.2) is 4.79 Å². The van der Waals surface area contributed by atoms with E-state index in [0.717, 1.165) is 0 Å². The average Bonchev–Trinajstić information content (AvgIpc) is 2.34. The molecule has 0 aromatic rings. The second kappa shape index (κ2) is 7.88. The van der Waals surface area contributed by atoms with E-state index >= 15 is 0 Å². The number of hydrogen-bond donors (Lipinski definition) is 2. The Morgan fingerprint density at radius 1 is 1.56 bits per heavy atom. The van der Waals surface area contributed by atoms with Crippen LogP contribution in [0.3, 0.4) is 0 Å². The Balaban J connectivity index is 2.39. The van der Waals surface area contributed by atoms with Crippen LogP contribution in [0.25, 0.3) is 0 Å². The maximum atomic E-state index is 11.9. The Kier molecular flexibility index (Phi) is 6.45. The van der Waals surface area contributed by atoms with Crippen LogP contribution in [0.5, 0.6) is 0 Å². The minimum absolute atomic E-state index is 0.0983. The lowest BCUT2D eigenvalue weighted by molar-refractivity contribution is -0.139. The maximum Gasteiger partial charge on any atom is 0.317 e. The van der Waals surface area contributed by atoms with Crippen LogP contribution in [0, 0.1) is 0 Å². The fourth-order valence-electron chi connectivity index (χ4n) is 1.77. The molecule has 1 unspecified atom stereocenters. The number of carbonyl (C=O) groups is 2. The van der Waals surface area contributed by atoms with Crippen molar-refractivity contribution in [3.63, 3.8) is 0 Å². The largest absolute Gasteiger partial charge is 0.481 e. The van der Waals surface area contributed by atoms with Gasteiger partial charge < -0.3 is 24.8 Å². The molecule has 18 heavy (non-hydrogen) atoms. The number of urea groups is 1. The van der Waals surface area contributed by atoms with Crippen molar-refractivity contribution in [2.45, 2.75) is 19.4 Å². The third kappa shape index (κ3) is 4.89. The lowest BCUT2D eigenvalue weighted by atomic mass is 10.1. The Bertz CT molecular complexity index is 285. The van der Waals surface area contributed by atoms with Gasteiger partial charge in [-0.05, 0) is 6.92 Å². The van der Waals surface area contributed by atoms with Crippen LogP contribution in [0.4, 0.5) is 4.79 Å². The molecule has 0 aromatic heterocycles. The lowest BCUT2D eigenvalue weighted by Crippen LogP contribution is -2.53. The molecule has 1 fully saturated rings. The number of nitrogens with one attached hydrogen (secondary N) is 1. The summed E-state index contributed by atoms with van der Waals surface area (Å²) < 4.78 is 10.3. The number of rotatable bonds is 6. The van der Waals surface area contributed by atoms with Crippen LogP contribution in [-0.4, -0.2) is 67.6 Å². The van der Waals surface area contributed by atoms with Gasteiger partial charge in [0.25, 0.3) is 0 Å². The van der Waals surface area contributed by atoms with E-state index in [1.54, 1.807) is 0 Å². The van der Waals surface area contributed by atoms with Crippen molar-refractivity contribution in [1.29, 1.82) is 0 Å². The zero-order valence-electron chi connectivity index (χ0n) is 10.6. The number of morpholine rings is 1. The number of nitrogens with zero attached hydrogens (tertiary/aromatic N) is 1. The molecule has 1 rings (SSSR count). The highest BCUT2D eigenvalue weighted by Gasteiger charge is 2.28. The SMILES string of the molecule is CCOCCNC(=O)N1CCOCC1CC(=O)O. The molecule has 1 atom stereocenters. The van der Waals surface area contributed by atoms with Gasteiger partial charge in [-0.2, -0.15) is 0 Å². The summed E-state index contributed by atoms with van der Waals surface area (Å²) in [5.41, 5.74) is 0. The second-order valence-corrected chi connectivity index (χ2v) is 3.95. The van der Waals surface area contributed by atoms with Crippen molar-refractivity contribution in [2.75, 3.05) is 39.5 Å². The summed E-state index contributed by atoms with van der Waals surface area (Å²) in [6.45, 7) is 4.49. The first-order valence-electron chi connectivity index (χ1n) is 6.07. The van der Waals surface area contributed by atoms with E-state index in [1.807, 2.05) is 6.92 Å². The van der Waals surface area contributed by atoms with Crippen LogP contribution in [0.2, 0.25) is 0 Å². The van der Waals surface area contributed by atoms with E-state index in [1.165, 1.54) is 4.90 Å². The Morgan fingerprint density at radius 3 is 3.00 bits per heavy atom. The fourth-order valence-corrected chi connectivity index (χ4v) is 1.77. The zero-order chi connectivity index (χ0) is 13.4. The topological polar surface area (TPSA) is 88.1 Å². The molecule has 0 bridgehead atoms. The molecule has 0 saturated carbocycles. The highest BCUT2D eigenvalue weighted by atomic mass is 16.5. The molecule has 1 saturated heterocycles. The first-order valence-corrected chi connectivity index (χ1v) is 6.07. The van der Waals surface area contributed by atoms with Crippen molar-refractivity contribution < 1.29 is 24.2 Å². The first-order chi connectivity index (χ1) is 8.65. The Labute approximate surface area is 106 Å². The number of carboxylic acid groups (broad SMARTS) is 1. The molecular weight excluding hydrogens is 240 g/mol. The number of aliphatic carboxylic acids is 1. The summed E-state index contributed by atoms with van der Waals surface area (Å²) in [4.78, 5) is 24.1. The van der Waals surface area contributed by atoms with E-state index in [9.17, 15) is 9.59 Å². The summed E-state index contributed by atoms with van der Waals surface area (Å²) in [6.07, 6.45) is -0.0983. The molecule has 7 heteroatoms. The van der Waals surface area contributed by atoms with Gasteiger partial charge in [-0.1, -0.05) is 0 Å². The first kappa shape index (κ1) is 14.7. The Morgan fingerprint density at radius 2 is 2.33 bits per heavy atom. The summed E-state index contributed by atoms with van der Waals surface area (Å²) in [6, 6.07) is -0.660. The van der Waals surface area contributed by atoms with Crippen molar-refractivity contribution >= 4 is 12.0 Å². The second-order valence-electron chi connectivity index (χ2n) is 3.95. The summed E-state index contributed by atoms with van der Waals surface area (Å²) in [7, 11) is 0. The molecule has 1 aliphatic heterocycles. The summed E-state index contributed by atoms with van der Waals surface area (Å²) in [5, 5.41) is 11.5. The van der Waals surface area contributed by atoms with Crippen molar-refractivity contribution in [3.8, 4) is 0 Å². The van der Waals surface area contributed by atoms with E-state index in [0.29, 0.717) is 32.9 Å². The lowest BCUT2D eigenvalue weighted by Gasteiger charge is -2.34. The van der Waals surface area contributed by atoms with E-state index in [4.69, 9.17) is 14.6 Å². The molecule has 104 valence electrons. The third-order valence-corrected chi connectivity index (χ3v) is 2.63. The van der Waals surface area contributed by atoms with Crippen LogP contribution < -0.4 is 5.32 Å². The fraction of sp³-hybridized carbons (Fsp3) is 0.818. The van der Waals surface area contributed by atoms with Gasteiger partial charge in [-0.3, -0.25) is 4.79 Å². The van der Waals surface area contributed by atoms with Gasteiger partial charge in [0.1, 0.15) is 0 Å². The number of carboxylic acids is 1. The van der Waals surface area contributed by atoms with Crippen LogP contribution in [0.1, 0.15) is 13.3 Å². The Hall–Kier alpha value is -1.34. The minimum atomic E-state index is -0.933. The van der Waals surface area contributed by atoms with E-state index in [2.05, 4.69) is 5.32 Å². The van der Waals surface area contributed by atoms with Gasteiger partial charge in [0.2, 0.25) is 0 Å². The van der Waals surface area contributed by atoms with Crippen molar-refractivity contribution in [2.24, 2.45) is 0 Å². The molecule has 1 aliphatic rings. The predicted octanol–water partition coefficient (Wildman–Crippen LogP) is -0.0920. The number of carbonyl (C=O) groups excluding carboxylic acids is 1. The normalized spacial score (nSPS) is 19.6. The highest BCUT2D eigenvalue weighted by Crippen LogP contribution is 2.10. The van der Waals surface area contributed by atoms with Crippen LogP contribution in [0.15, 0.2) is 0 Å². The zero-order valence-corrected chi connectivity index (χ0v) is 10.6. The molecule has 2 amide bonds. The quantitative estimate of drug-likeness (QED) is 0.651. The van der Waals surface area contributed by atoms with Gasteiger partial charge >= 0.3 is 12.0 Å². The highest BCUT2D eigenvalue weighted by molar-refractivity contribution is 5.76. The molecule has 0 spiro atoms. The van der Waals surface area contributed by atoms with Gasteiger partial charge in [0.05, 0.1) is 32.3 Å².